The largest absolute Gasteiger partial charge is 0.493 e. The molecule has 2 aliphatic rings. The van der Waals surface area contributed by atoms with Crippen molar-refractivity contribution in [2.24, 2.45) is 0 Å². The van der Waals surface area contributed by atoms with Gasteiger partial charge in [0, 0.05) is 39.3 Å². The molecule has 0 unspecified atom stereocenters. The average molecular weight is 520 g/mol. The Morgan fingerprint density at radius 1 is 0.865 bits per heavy atom. The predicted molar refractivity (Wildman–Crippen MR) is 122 cm³/mol. The maximum atomic E-state index is 12.0. The minimum absolute atomic E-state index is 0.0649. The van der Waals surface area contributed by atoms with E-state index in [1.807, 2.05) is 0 Å². The molecular weight excluding hydrogens is 492 g/mol. The molecule has 2 heterocycles. The Morgan fingerprint density at radius 2 is 1.49 bits per heavy atom. The van der Waals surface area contributed by atoms with Crippen LogP contribution in [0.2, 0.25) is 0 Å². The second-order valence-corrected chi connectivity index (χ2v) is 8.32. The van der Waals surface area contributed by atoms with Crippen LogP contribution in [0.5, 0.6) is 5.75 Å². The molecule has 1 aromatic rings. The summed E-state index contributed by atoms with van der Waals surface area (Å²) < 4.78 is 38.9. The van der Waals surface area contributed by atoms with E-state index in [1.165, 1.54) is 19.3 Å². The molecule has 0 saturated carbocycles. The van der Waals surface area contributed by atoms with Crippen molar-refractivity contribution in [1.82, 2.24) is 0 Å². The molecular formula is C25H28O12. The lowest BCUT2D eigenvalue weighted by Gasteiger charge is -2.44. The number of carbonyl (C=O) groups excluding carboxylic acids is 5. The van der Waals surface area contributed by atoms with Gasteiger partial charge in [0.15, 0.2) is 18.0 Å². The van der Waals surface area contributed by atoms with Gasteiger partial charge in [-0.2, -0.15) is 0 Å². The highest BCUT2D eigenvalue weighted by atomic mass is 16.7. The minimum atomic E-state index is -1.41. The maximum Gasteiger partial charge on any atom is 0.303 e. The van der Waals surface area contributed by atoms with E-state index >= 15 is 0 Å². The van der Waals surface area contributed by atoms with Crippen LogP contribution in [-0.4, -0.2) is 67.0 Å². The van der Waals surface area contributed by atoms with E-state index in [-0.39, 0.29) is 24.6 Å². The van der Waals surface area contributed by atoms with Gasteiger partial charge < -0.3 is 33.2 Å². The summed E-state index contributed by atoms with van der Waals surface area (Å²) in [6.45, 7) is 4.19. The number of benzene rings is 1. The van der Waals surface area contributed by atoms with Gasteiger partial charge in [0.25, 0.3) is 0 Å². The first kappa shape index (κ1) is 27.7. The van der Waals surface area contributed by atoms with Crippen molar-refractivity contribution in [3.8, 4) is 5.75 Å². The molecule has 0 bridgehead atoms. The molecule has 37 heavy (non-hydrogen) atoms. The number of ether oxygens (including phenoxy) is 7. The van der Waals surface area contributed by atoms with E-state index in [2.05, 4.69) is 0 Å². The first-order valence-electron chi connectivity index (χ1n) is 11.5. The van der Waals surface area contributed by atoms with Gasteiger partial charge in [-0.3, -0.25) is 24.0 Å². The number of carbonyl (C=O) groups is 5. The minimum Gasteiger partial charge on any atom is -0.493 e. The number of esters is 4. The summed E-state index contributed by atoms with van der Waals surface area (Å²) in [5.41, 5.74) is 0.507. The third kappa shape index (κ3) is 7.53. The molecule has 0 spiro atoms. The van der Waals surface area contributed by atoms with Crippen LogP contribution >= 0.6 is 0 Å². The van der Waals surface area contributed by atoms with Crippen LogP contribution in [0.15, 0.2) is 36.6 Å². The highest BCUT2D eigenvalue weighted by Crippen LogP contribution is 2.36. The Morgan fingerprint density at radius 3 is 2.11 bits per heavy atom. The van der Waals surface area contributed by atoms with Crippen LogP contribution in [0.25, 0.3) is 0 Å². The first-order chi connectivity index (χ1) is 17.5. The van der Waals surface area contributed by atoms with Crippen LogP contribution in [0, 0.1) is 0 Å². The van der Waals surface area contributed by atoms with Gasteiger partial charge in [-0.05, 0) is 6.07 Å². The van der Waals surface area contributed by atoms with Gasteiger partial charge in [0.05, 0.1) is 12.7 Å². The lowest BCUT2D eigenvalue weighted by Crippen LogP contribution is -2.63. The fraction of sp³-hybridized carbons (Fsp3) is 0.480. The fourth-order valence-corrected chi connectivity index (χ4v) is 3.95. The maximum absolute atomic E-state index is 12.0. The van der Waals surface area contributed by atoms with Crippen LogP contribution in [0.3, 0.4) is 0 Å². The van der Waals surface area contributed by atoms with Crippen LogP contribution in [-0.2, 0) is 52.4 Å². The second-order valence-electron chi connectivity index (χ2n) is 8.32. The van der Waals surface area contributed by atoms with E-state index in [0.717, 1.165) is 20.8 Å². The summed E-state index contributed by atoms with van der Waals surface area (Å²) in [6.07, 6.45) is -4.60. The quantitative estimate of drug-likeness (QED) is 0.362. The van der Waals surface area contributed by atoms with Crippen LogP contribution < -0.4 is 4.74 Å². The van der Waals surface area contributed by atoms with Crippen molar-refractivity contribution in [1.29, 1.82) is 0 Å². The molecule has 12 heteroatoms. The Bertz CT molecular complexity index is 1060. The molecule has 0 aliphatic carbocycles. The zero-order valence-electron chi connectivity index (χ0n) is 20.7. The van der Waals surface area contributed by atoms with E-state index in [0.29, 0.717) is 5.56 Å². The monoisotopic (exact) mass is 520 g/mol. The SMILES string of the molecule is CC(=O)OC[C@H]1O[C@@H](Oc2ccccc2[C@@H]2CC(=O)C=CO2)[C@H](OC(C)=O)[C@@H](OC(C)=O)[C@@H]1OC(C)=O. The lowest BCUT2D eigenvalue weighted by molar-refractivity contribution is -0.288. The Kier molecular flexibility index (Phi) is 9.23. The molecule has 2 aliphatic heterocycles. The summed E-state index contributed by atoms with van der Waals surface area (Å²) in [4.78, 5) is 59.3. The number of hydrogen-bond donors (Lipinski definition) is 0. The molecule has 12 nitrogen and oxygen atoms in total. The van der Waals surface area contributed by atoms with E-state index in [1.54, 1.807) is 24.3 Å². The van der Waals surface area contributed by atoms with Gasteiger partial charge in [-0.1, -0.05) is 18.2 Å². The molecule has 1 fully saturated rings. The number of hydrogen-bond acceptors (Lipinski definition) is 12. The van der Waals surface area contributed by atoms with E-state index in [9.17, 15) is 24.0 Å². The summed E-state index contributed by atoms with van der Waals surface area (Å²) in [6, 6.07) is 6.68. The van der Waals surface area contributed by atoms with Crippen molar-refractivity contribution in [2.45, 2.75) is 70.9 Å². The summed E-state index contributed by atoms with van der Waals surface area (Å²) in [5, 5.41) is 0. The van der Waals surface area contributed by atoms with Crippen molar-refractivity contribution in [3.63, 3.8) is 0 Å². The average Bonchev–Trinajstić information content (AvgIpc) is 2.81. The Hall–Kier alpha value is -3.93. The third-order valence-corrected chi connectivity index (χ3v) is 5.34. The molecule has 0 aromatic heterocycles. The van der Waals surface area contributed by atoms with Crippen LogP contribution in [0.1, 0.15) is 45.8 Å². The number of rotatable bonds is 8. The first-order valence-corrected chi connectivity index (χ1v) is 11.5. The normalized spacial score (nSPS) is 26.9. The van der Waals surface area contributed by atoms with Crippen molar-refractivity contribution in [2.75, 3.05) is 6.61 Å². The highest BCUT2D eigenvalue weighted by Gasteiger charge is 2.53. The Labute approximate surface area is 212 Å². The third-order valence-electron chi connectivity index (χ3n) is 5.34. The second kappa shape index (κ2) is 12.3. The van der Waals surface area contributed by atoms with Gasteiger partial charge in [0.2, 0.25) is 12.4 Å². The molecule has 0 radical (unpaired) electrons. The van der Waals surface area contributed by atoms with Gasteiger partial charge >= 0.3 is 23.9 Å². The molecule has 6 atom stereocenters. The molecule has 3 rings (SSSR count). The fourth-order valence-electron chi connectivity index (χ4n) is 3.95. The predicted octanol–water partition coefficient (Wildman–Crippen LogP) is 1.69. The number of ketones is 1. The van der Waals surface area contributed by atoms with Gasteiger partial charge in [0.1, 0.15) is 24.6 Å². The summed E-state index contributed by atoms with van der Waals surface area (Å²) in [5.74, 6) is -2.79. The molecule has 0 N–H and O–H groups in total. The van der Waals surface area contributed by atoms with Crippen molar-refractivity contribution >= 4 is 29.7 Å². The summed E-state index contributed by atoms with van der Waals surface area (Å²) >= 11 is 0. The zero-order valence-corrected chi connectivity index (χ0v) is 20.7. The molecule has 1 aromatic carbocycles. The van der Waals surface area contributed by atoms with Gasteiger partial charge in [-0.25, -0.2) is 0 Å². The lowest BCUT2D eigenvalue weighted by atomic mass is 9.97. The highest BCUT2D eigenvalue weighted by molar-refractivity contribution is 5.90. The van der Waals surface area contributed by atoms with Crippen LogP contribution in [0.4, 0.5) is 0 Å². The smallest absolute Gasteiger partial charge is 0.303 e. The van der Waals surface area contributed by atoms with E-state index < -0.39 is 60.7 Å². The van der Waals surface area contributed by atoms with Gasteiger partial charge in [-0.15, -0.1) is 0 Å². The van der Waals surface area contributed by atoms with Crippen molar-refractivity contribution < 1.29 is 57.1 Å². The standard InChI is InChI=1S/C25H28O12/c1-13(26)32-12-21-22(33-14(2)27)23(34-15(3)28)24(35-16(4)29)25(37-21)36-19-8-6-5-7-18(19)20-11-17(30)9-10-31-20/h5-10,20-25H,11-12H2,1-4H3/t20-,21+,22+,23-,24+,25+/m0/s1. The number of para-hydroxylation sites is 1. The molecule has 0 amide bonds. The zero-order chi connectivity index (χ0) is 27.1. The Balaban J connectivity index is 2.00. The molecule has 1 saturated heterocycles. The van der Waals surface area contributed by atoms with E-state index in [4.69, 9.17) is 33.2 Å². The number of allylic oxidation sites excluding steroid dienone is 1. The topological polar surface area (TPSA) is 150 Å². The summed E-state index contributed by atoms with van der Waals surface area (Å²) in [7, 11) is 0. The van der Waals surface area contributed by atoms with Crippen molar-refractivity contribution in [3.05, 3.63) is 42.2 Å². The molecule has 200 valence electrons.